The molecule has 0 spiro atoms. The summed E-state index contributed by atoms with van der Waals surface area (Å²) in [6.45, 7) is 2.93. The average Bonchev–Trinajstić information content (AvgIpc) is 3.41. The number of hydrogen-bond donors (Lipinski definition) is 1. The standard InChI is InChI=1S/C30H33N3O5S/c1-3-4-5-9-12-26(34)33-17-15-21-13-14-23(19-25(21)27(33)29(36)37-2)38-18-16-24-20-31-30(39-24)32-28(35)22-10-7-6-8-11-22/h6-14,19-20,27H,3-5,15-18H2,1-2H3,(H,31,32,35). The Morgan fingerprint density at radius 2 is 2.00 bits per heavy atom. The number of esters is 1. The summed E-state index contributed by atoms with van der Waals surface area (Å²) in [5.74, 6) is -0.263. The lowest BCUT2D eigenvalue weighted by Gasteiger charge is -2.35. The second-order valence-electron chi connectivity index (χ2n) is 9.16. The Labute approximate surface area is 232 Å². The molecule has 1 aliphatic rings. The molecule has 4 rings (SSSR count). The van der Waals surface area contributed by atoms with E-state index in [0.717, 1.165) is 35.3 Å². The number of aromatic nitrogens is 1. The number of anilines is 1. The van der Waals surface area contributed by atoms with Crippen LogP contribution in [0.4, 0.5) is 5.13 Å². The Balaban J connectivity index is 1.38. The molecule has 8 nitrogen and oxygen atoms in total. The second kappa shape index (κ2) is 13.7. The Morgan fingerprint density at radius 3 is 2.77 bits per heavy atom. The van der Waals surface area contributed by atoms with Gasteiger partial charge < -0.3 is 14.4 Å². The van der Waals surface area contributed by atoms with Gasteiger partial charge in [0.05, 0.1) is 13.7 Å². The van der Waals surface area contributed by atoms with Crippen LogP contribution >= 0.6 is 11.3 Å². The molecule has 1 aliphatic heterocycles. The van der Waals surface area contributed by atoms with Crippen LogP contribution in [0.3, 0.4) is 0 Å². The first-order valence-electron chi connectivity index (χ1n) is 13.1. The van der Waals surface area contributed by atoms with Crippen molar-refractivity contribution in [2.75, 3.05) is 25.6 Å². The van der Waals surface area contributed by atoms with Crippen LogP contribution in [-0.2, 0) is 27.2 Å². The van der Waals surface area contributed by atoms with E-state index in [-0.39, 0.29) is 11.8 Å². The fraction of sp³-hybridized carbons (Fsp3) is 0.333. The first-order chi connectivity index (χ1) is 19.0. The molecule has 2 heterocycles. The van der Waals surface area contributed by atoms with Gasteiger partial charge in [0.25, 0.3) is 5.91 Å². The van der Waals surface area contributed by atoms with Crippen molar-refractivity contribution >= 4 is 34.3 Å². The monoisotopic (exact) mass is 547 g/mol. The van der Waals surface area contributed by atoms with E-state index in [4.69, 9.17) is 9.47 Å². The molecule has 0 saturated heterocycles. The summed E-state index contributed by atoms with van der Waals surface area (Å²) in [6, 6.07) is 13.8. The Bertz CT molecular complexity index is 1320. The van der Waals surface area contributed by atoms with Crippen LogP contribution in [0, 0.1) is 0 Å². The van der Waals surface area contributed by atoms with Gasteiger partial charge in [-0.15, -0.1) is 11.3 Å². The number of carbonyl (C=O) groups is 3. The van der Waals surface area contributed by atoms with E-state index in [1.54, 1.807) is 29.3 Å². The van der Waals surface area contributed by atoms with Gasteiger partial charge in [0, 0.05) is 29.6 Å². The number of ether oxygens (including phenoxy) is 2. The summed E-state index contributed by atoms with van der Waals surface area (Å²) in [5, 5.41) is 3.35. The van der Waals surface area contributed by atoms with Crippen LogP contribution in [0.1, 0.15) is 58.6 Å². The minimum absolute atomic E-state index is 0.196. The highest BCUT2D eigenvalue weighted by Crippen LogP contribution is 2.34. The van der Waals surface area contributed by atoms with Gasteiger partial charge >= 0.3 is 5.97 Å². The van der Waals surface area contributed by atoms with Crippen LogP contribution in [0.2, 0.25) is 0 Å². The van der Waals surface area contributed by atoms with Crippen LogP contribution < -0.4 is 10.1 Å². The third kappa shape index (κ3) is 7.32. The topological polar surface area (TPSA) is 97.8 Å². The normalized spacial score (nSPS) is 14.6. The van der Waals surface area contributed by atoms with Crippen molar-refractivity contribution in [3.05, 3.63) is 88.4 Å². The number of unbranched alkanes of at least 4 members (excludes halogenated alkanes) is 2. The quantitative estimate of drug-likeness (QED) is 0.197. The van der Waals surface area contributed by atoms with Crippen LogP contribution in [0.5, 0.6) is 5.75 Å². The predicted octanol–water partition coefficient (Wildman–Crippen LogP) is 5.36. The van der Waals surface area contributed by atoms with Crippen molar-refractivity contribution in [1.29, 1.82) is 0 Å². The molecule has 1 unspecified atom stereocenters. The molecule has 2 amide bonds. The molecule has 39 heavy (non-hydrogen) atoms. The molecule has 0 bridgehead atoms. The number of methoxy groups -OCH3 is 1. The molecule has 1 aromatic heterocycles. The molecular weight excluding hydrogens is 514 g/mol. The van der Waals surface area contributed by atoms with Gasteiger partial charge in [0.2, 0.25) is 5.91 Å². The Kier molecular flexibility index (Phi) is 9.85. The number of rotatable bonds is 11. The number of benzene rings is 2. The fourth-order valence-electron chi connectivity index (χ4n) is 4.40. The van der Waals surface area contributed by atoms with Crippen molar-refractivity contribution in [1.82, 2.24) is 9.88 Å². The lowest BCUT2D eigenvalue weighted by molar-refractivity contribution is -0.152. The Morgan fingerprint density at radius 1 is 1.18 bits per heavy atom. The number of thiazole rings is 1. The van der Waals surface area contributed by atoms with Gasteiger partial charge in [-0.05, 0) is 54.3 Å². The van der Waals surface area contributed by atoms with Gasteiger partial charge in [-0.3, -0.25) is 14.9 Å². The van der Waals surface area contributed by atoms with Crippen molar-refractivity contribution in [3.63, 3.8) is 0 Å². The first-order valence-corrected chi connectivity index (χ1v) is 13.9. The molecule has 2 aromatic carbocycles. The number of allylic oxidation sites excluding steroid dienone is 1. The van der Waals surface area contributed by atoms with E-state index in [1.807, 2.05) is 42.5 Å². The third-order valence-corrected chi connectivity index (χ3v) is 7.44. The van der Waals surface area contributed by atoms with Crippen LogP contribution in [0.15, 0.2) is 66.9 Å². The number of nitrogens with one attached hydrogen (secondary N) is 1. The summed E-state index contributed by atoms with van der Waals surface area (Å²) in [4.78, 5) is 44.9. The molecule has 0 fully saturated rings. The van der Waals surface area contributed by atoms with E-state index in [9.17, 15) is 14.4 Å². The van der Waals surface area contributed by atoms with Gasteiger partial charge in [0.1, 0.15) is 5.75 Å². The smallest absolute Gasteiger partial charge is 0.333 e. The molecule has 204 valence electrons. The number of amides is 2. The maximum absolute atomic E-state index is 12.9. The largest absolute Gasteiger partial charge is 0.493 e. The Hall–Kier alpha value is -3.98. The molecule has 1 atom stereocenters. The van der Waals surface area contributed by atoms with Gasteiger partial charge in [-0.1, -0.05) is 50.1 Å². The fourth-order valence-corrected chi connectivity index (χ4v) is 5.19. The minimum Gasteiger partial charge on any atom is -0.493 e. The summed E-state index contributed by atoms with van der Waals surface area (Å²) in [7, 11) is 1.34. The molecule has 0 aliphatic carbocycles. The van der Waals surface area contributed by atoms with Gasteiger partial charge in [-0.25, -0.2) is 9.78 Å². The summed E-state index contributed by atoms with van der Waals surface area (Å²) >= 11 is 1.40. The van der Waals surface area contributed by atoms with E-state index in [2.05, 4.69) is 17.2 Å². The highest BCUT2D eigenvalue weighted by Gasteiger charge is 2.36. The molecule has 0 radical (unpaired) electrons. The van der Waals surface area contributed by atoms with Crippen LogP contribution in [-0.4, -0.2) is 47.9 Å². The lowest BCUT2D eigenvalue weighted by atomic mass is 9.92. The maximum atomic E-state index is 12.9. The van der Waals surface area contributed by atoms with Crippen molar-refractivity contribution < 1.29 is 23.9 Å². The second-order valence-corrected chi connectivity index (χ2v) is 10.3. The number of carbonyl (C=O) groups excluding carboxylic acids is 3. The van der Waals surface area contributed by atoms with Crippen LogP contribution in [0.25, 0.3) is 0 Å². The zero-order valence-corrected chi connectivity index (χ0v) is 23.0. The minimum atomic E-state index is -0.817. The van der Waals surface area contributed by atoms with E-state index >= 15 is 0 Å². The molecule has 3 aromatic rings. The van der Waals surface area contributed by atoms with Crippen molar-refractivity contribution in [3.8, 4) is 5.75 Å². The lowest BCUT2D eigenvalue weighted by Crippen LogP contribution is -2.43. The number of hydrogen-bond acceptors (Lipinski definition) is 7. The average molecular weight is 548 g/mol. The van der Waals surface area contributed by atoms with Gasteiger partial charge in [0.15, 0.2) is 11.2 Å². The highest BCUT2D eigenvalue weighted by molar-refractivity contribution is 7.15. The highest BCUT2D eigenvalue weighted by atomic mass is 32.1. The summed E-state index contributed by atoms with van der Waals surface area (Å²) in [6.07, 6.45) is 9.30. The molecule has 9 heteroatoms. The number of nitrogens with zero attached hydrogens (tertiary/aromatic N) is 2. The van der Waals surface area contributed by atoms with E-state index in [0.29, 0.717) is 42.4 Å². The molecular formula is C30H33N3O5S. The summed E-state index contributed by atoms with van der Waals surface area (Å²) in [5.41, 5.74) is 2.30. The molecule has 0 saturated carbocycles. The maximum Gasteiger partial charge on any atom is 0.333 e. The first kappa shape index (κ1) is 28.0. The summed E-state index contributed by atoms with van der Waals surface area (Å²) < 4.78 is 11.1. The zero-order valence-electron chi connectivity index (χ0n) is 22.2. The number of fused-ring (bicyclic) bond motifs is 1. The third-order valence-electron chi connectivity index (χ3n) is 6.47. The van der Waals surface area contributed by atoms with E-state index < -0.39 is 12.0 Å². The predicted molar refractivity (Wildman–Crippen MR) is 151 cm³/mol. The SMILES string of the molecule is CCCCC=CC(=O)N1CCc2ccc(OCCc3cnc(NC(=O)c4ccccc4)s3)cc2C1C(=O)OC. The van der Waals surface area contributed by atoms with E-state index in [1.165, 1.54) is 18.4 Å². The zero-order chi connectivity index (χ0) is 27.6. The van der Waals surface area contributed by atoms with Crippen molar-refractivity contribution in [2.45, 2.75) is 45.1 Å². The molecule has 1 N–H and O–H groups in total. The van der Waals surface area contributed by atoms with Gasteiger partial charge in [-0.2, -0.15) is 0 Å². The van der Waals surface area contributed by atoms with Crippen molar-refractivity contribution in [2.24, 2.45) is 0 Å².